The van der Waals surface area contributed by atoms with Crippen molar-refractivity contribution < 1.29 is 4.92 Å². The van der Waals surface area contributed by atoms with Gasteiger partial charge in [-0.2, -0.15) is 0 Å². The predicted molar refractivity (Wildman–Crippen MR) is 72.8 cm³/mol. The van der Waals surface area contributed by atoms with Crippen molar-refractivity contribution in [3.8, 4) is 0 Å². The number of fused-ring (bicyclic) bond motifs is 1. The first-order chi connectivity index (χ1) is 9.16. The quantitative estimate of drug-likeness (QED) is 0.484. The van der Waals surface area contributed by atoms with E-state index in [9.17, 15) is 10.1 Å². The Hall–Kier alpha value is -1.73. The smallest absolute Gasteiger partial charge is 0.346 e. The Morgan fingerprint density at radius 3 is 3.11 bits per heavy atom. The van der Waals surface area contributed by atoms with Crippen LogP contribution in [-0.4, -0.2) is 21.4 Å². The number of rotatable bonds is 2. The summed E-state index contributed by atoms with van der Waals surface area (Å²) < 4.78 is 0. The zero-order valence-electron chi connectivity index (χ0n) is 9.74. The van der Waals surface area contributed by atoms with E-state index in [1.54, 1.807) is 11.3 Å². The van der Waals surface area contributed by atoms with E-state index >= 15 is 0 Å². The van der Waals surface area contributed by atoms with Crippen molar-refractivity contribution >= 4 is 34.4 Å². The average Bonchev–Trinajstić information content (AvgIpc) is 2.85. The summed E-state index contributed by atoms with van der Waals surface area (Å²) in [5.41, 5.74) is 0.975. The van der Waals surface area contributed by atoms with Gasteiger partial charge in [0.05, 0.1) is 4.92 Å². The van der Waals surface area contributed by atoms with Crippen molar-refractivity contribution in [2.75, 3.05) is 11.4 Å². The number of nitro groups is 1. The standard InChI is InChI=1S/C11H9ClN4O2S/c12-10-9(16(17)18)11(14-6-13-10)15-3-1-8-7(5-15)2-4-19-8/h2,4,6H,1,3,5H2. The SMILES string of the molecule is O=[N+]([O-])c1c(Cl)ncnc1N1CCc2sccc2C1. The van der Waals surface area contributed by atoms with Gasteiger partial charge in [0.2, 0.25) is 11.0 Å². The normalized spacial score (nSPS) is 14.3. The van der Waals surface area contributed by atoms with Crippen LogP contribution in [0.15, 0.2) is 17.8 Å². The number of hydrogen-bond acceptors (Lipinski definition) is 6. The van der Waals surface area contributed by atoms with Gasteiger partial charge < -0.3 is 4.90 Å². The summed E-state index contributed by atoms with van der Waals surface area (Å²) >= 11 is 7.52. The molecule has 0 atom stereocenters. The highest BCUT2D eigenvalue weighted by atomic mass is 35.5. The largest absolute Gasteiger partial charge is 0.348 e. The number of halogens is 1. The lowest BCUT2D eigenvalue weighted by molar-refractivity contribution is -0.384. The van der Waals surface area contributed by atoms with Crippen molar-refractivity contribution in [3.05, 3.63) is 43.5 Å². The summed E-state index contributed by atoms with van der Waals surface area (Å²) in [6.07, 6.45) is 2.12. The van der Waals surface area contributed by atoms with Crippen molar-refractivity contribution in [1.29, 1.82) is 0 Å². The van der Waals surface area contributed by atoms with Gasteiger partial charge >= 0.3 is 5.69 Å². The molecule has 98 valence electrons. The molecule has 19 heavy (non-hydrogen) atoms. The van der Waals surface area contributed by atoms with E-state index in [1.165, 1.54) is 16.8 Å². The molecule has 0 radical (unpaired) electrons. The highest BCUT2D eigenvalue weighted by molar-refractivity contribution is 7.10. The molecule has 2 aromatic heterocycles. The van der Waals surface area contributed by atoms with Crippen LogP contribution in [0.4, 0.5) is 11.5 Å². The van der Waals surface area contributed by atoms with Gasteiger partial charge in [-0.25, -0.2) is 9.97 Å². The fourth-order valence-electron chi connectivity index (χ4n) is 2.17. The molecule has 0 saturated carbocycles. The Morgan fingerprint density at radius 1 is 1.47 bits per heavy atom. The second-order valence-corrected chi connectivity index (χ2v) is 5.49. The monoisotopic (exact) mass is 296 g/mol. The van der Waals surface area contributed by atoms with Crippen molar-refractivity contribution in [3.63, 3.8) is 0 Å². The molecule has 0 N–H and O–H groups in total. The lowest BCUT2D eigenvalue weighted by Crippen LogP contribution is -2.30. The fraction of sp³-hybridized carbons (Fsp3) is 0.273. The number of anilines is 1. The second kappa shape index (κ2) is 4.75. The third-order valence-corrected chi connectivity index (χ3v) is 4.35. The summed E-state index contributed by atoms with van der Waals surface area (Å²) in [6, 6.07) is 2.04. The Balaban J connectivity index is 2.00. The van der Waals surface area contributed by atoms with Gasteiger partial charge in [-0.15, -0.1) is 11.3 Å². The van der Waals surface area contributed by atoms with Crippen LogP contribution in [-0.2, 0) is 13.0 Å². The third kappa shape index (κ3) is 2.15. The summed E-state index contributed by atoms with van der Waals surface area (Å²) in [5, 5.41) is 13.0. The highest BCUT2D eigenvalue weighted by Crippen LogP contribution is 2.34. The van der Waals surface area contributed by atoms with E-state index in [4.69, 9.17) is 11.6 Å². The van der Waals surface area contributed by atoms with E-state index in [1.807, 2.05) is 16.3 Å². The average molecular weight is 297 g/mol. The molecule has 0 unspecified atom stereocenters. The van der Waals surface area contributed by atoms with E-state index in [-0.39, 0.29) is 10.8 Å². The maximum Gasteiger partial charge on any atom is 0.348 e. The summed E-state index contributed by atoms with van der Waals surface area (Å²) in [6.45, 7) is 1.31. The van der Waals surface area contributed by atoms with Crippen LogP contribution in [0.5, 0.6) is 0 Å². The molecule has 8 heteroatoms. The zero-order chi connectivity index (χ0) is 13.4. The maximum absolute atomic E-state index is 11.1. The van der Waals surface area contributed by atoms with Gasteiger partial charge in [-0.1, -0.05) is 11.6 Å². The molecule has 0 aliphatic carbocycles. The molecule has 6 nitrogen and oxygen atoms in total. The Morgan fingerprint density at radius 2 is 2.32 bits per heavy atom. The molecule has 1 aliphatic rings. The minimum Gasteiger partial charge on any atom is -0.346 e. The molecule has 2 aromatic rings. The molecule has 0 fully saturated rings. The molecule has 0 bridgehead atoms. The maximum atomic E-state index is 11.1. The summed E-state index contributed by atoms with van der Waals surface area (Å²) in [7, 11) is 0. The van der Waals surface area contributed by atoms with Crippen LogP contribution in [0.3, 0.4) is 0 Å². The zero-order valence-corrected chi connectivity index (χ0v) is 11.3. The van der Waals surface area contributed by atoms with Crippen LogP contribution in [0.25, 0.3) is 0 Å². The Kier molecular flexibility index (Phi) is 3.08. The fourth-order valence-corrected chi connectivity index (χ4v) is 3.25. The highest BCUT2D eigenvalue weighted by Gasteiger charge is 2.28. The van der Waals surface area contributed by atoms with Gasteiger partial charge in [-0.05, 0) is 23.4 Å². The molecule has 1 aliphatic heterocycles. The number of thiophene rings is 1. The van der Waals surface area contributed by atoms with E-state index < -0.39 is 4.92 Å². The topological polar surface area (TPSA) is 72.2 Å². The second-order valence-electron chi connectivity index (χ2n) is 4.13. The lowest BCUT2D eigenvalue weighted by atomic mass is 10.1. The Bertz CT molecular complexity index is 645. The number of aromatic nitrogens is 2. The molecular weight excluding hydrogens is 288 g/mol. The Labute approximate surface area is 117 Å². The predicted octanol–water partition coefficient (Wildman–Crippen LogP) is 2.66. The van der Waals surface area contributed by atoms with Crippen LogP contribution in [0, 0.1) is 10.1 Å². The summed E-state index contributed by atoms with van der Waals surface area (Å²) in [5.74, 6) is 0.293. The van der Waals surface area contributed by atoms with E-state index in [0.29, 0.717) is 18.9 Å². The minimum absolute atomic E-state index is 0.119. The molecular formula is C11H9ClN4O2S. The molecule has 3 rings (SSSR count). The molecule has 0 aromatic carbocycles. The van der Waals surface area contributed by atoms with Crippen LogP contribution >= 0.6 is 22.9 Å². The lowest BCUT2D eigenvalue weighted by Gasteiger charge is -2.27. The van der Waals surface area contributed by atoms with Gasteiger partial charge in [0.1, 0.15) is 6.33 Å². The van der Waals surface area contributed by atoms with Crippen LogP contribution in [0.2, 0.25) is 5.15 Å². The first-order valence-corrected chi connectivity index (χ1v) is 6.87. The minimum atomic E-state index is -0.527. The van der Waals surface area contributed by atoms with E-state index in [2.05, 4.69) is 9.97 Å². The third-order valence-electron chi connectivity index (χ3n) is 3.05. The van der Waals surface area contributed by atoms with Gasteiger partial charge in [0.25, 0.3) is 0 Å². The van der Waals surface area contributed by atoms with Gasteiger partial charge in [0, 0.05) is 18.0 Å². The van der Waals surface area contributed by atoms with Gasteiger partial charge in [0.15, 0.2) is 0 Å². The molecule has 3 heterocycles. The molecule has 0 saturated heterocycles. The first-order valence-electron chi connectivity index (χ1n) is 5.62. The van der Waals surface area contributed by atoms with Gasteiger partial charge in [-0.3, -0.25) is 10.1 Å². The number of hydrogen-bond donors (Lipinski definition) is 0. The van der Waals surface area contributed by atoms with Crippen molar-refractivity contribution in [2.45, 2.75) is 13.0 Å². The summed E-state index contributed by atoms with van der Waals surface area (Å²) in [4.78, 5) is 21.5. The first kappa shape index (κ1) is 12.3. The van der Waals surface area contributed by atoms with Crippen LogP contribution in [0.1, 0.15) is 10.4 Å². The molecule has 0 amide bonds. The molecule has 0 spiro atoms. The van der Waals surface area contributed by atoms with Crippen LogP contribution < -0.4 is 4.90 Å². The van der Waals surface area contributed by atoms with E-state index in [0.717, 1.165) is 6.42 Å². The number of nitrogens with zero attached hydrogens (tertiary/aromatic N) is 4. The van der Waals surface area contributed by atoms with Crippen molar-refractivity contribution in [2.24, 2.45) is 0 Å². The van der Waals surface area contributed by atoms with Crippen molar-refractivity contribution in [1.82, 2.24) is 9.97 Å².